The van der Waals surface area contributed by atoms with Gasteiger partial charge in [0.2, 0.25) is 11.8 Å². The first-order valence-electron chi connectivity index (χ1n) is 5.64. The number of hydrogen-bond donors (Lipinski definition) is 1. The van der Waals surface area contributed by atoms with E-state index in [2.05, 4.69) is 10.3 Å². The second kappa shape index (κ2) is 5.16. The Hall–Kier alpha value is -1.29. The molecule has 16 heavy (non-hydrogen) atoms. The van der Waals surface area contributed by atoms with Crippen LogP contribution in [0, 0.1) is 0 Å². The van der Waals surface area contributed by atoms with E-state index in [1.807, 2.05) is 12.1 Å². The molecule has 0 saturated carbocycles. The monoisotopic (exact) mass is 222 g/mol. The minimum atomic E-state index is 0.541. The summed E-state index contributed by atoms with van der Waals surface area (Å²) in [5.41, 5.74) is 1.25. The van der Waals surface area contributed by atoms with Gasteiger partial charge >= 0.3 is 0 Å². The topological polar surface area (TPSA) is 43.4 Å². The van der Waals surface area contributed by atoms with Gasteiger partial charge in [-0.2, -0.15) is 4.98 Å². The van der Waals surface area contributed by atoms with Gasteiger partial charge in [-0.25, -0.2) is 0 Å². The molecule has 1 aliphatic heterocycles. The van der Waals surface area contributed by atoms with E-state index in [1.54, 1.807) is 14.2 Å². The van der Waals surface area contributed by atoms with Crippen LogP contribution in [-0.2, 0) is 0 Å². The van der Waals surface area contributed by atoms with Crippen molar-refractivity contribution in [3.63, 3.8) is 0 Å². The van der Waals surface area contributed by atoms with Crippen LogP contribution in [0.1, 0.15) is 24.3 Å². The predicted molar refractivity (Wildman–Crippen MR) is 62.2 cm³/mol. The van der Waals surface area contributed by atoms with Crippen molar-refractivity contribution >= 4 is 0 Å². The number of rotatable bonds is 3. The van der Waals surface area contributed by atoms with E-state index >= 15 is 0 Å². The lowest BCUT2D eigenvalue weighted by atomic mass is 9.92. The van der Waals surface area contributed by atoms with Crippen LogP contribution in [0.4, 0.5) is 0 Å². The molecule has 1 N–H and O–H groups in total. The molecule has 1 saturated heterocycles. The molecule has 1 aromatic rings. The highest BCUT2D eigenvalue weighted by molar-refractivity contribution is 5.31. The summed E-state index contributed by atoms with van der Waals surface area (Å²) in [4.78, 5) is 4.20. The average molecular weight is 222 g/mol. The molecule has 4 nitrogen and oxygen atoms in total. The third kappa shape index (κ3) is 2.44. The first-order valence-corrected chi connectivity index (χ1v) is 5.64. The number of pyridine rings is 1. The molecule has 1 aromatic heterocycles. The van der Waals surface area contributed by atoms with Crippen LogP contribution in [0.3, 0.4) is 0 Å². The van der Waals surface area contributed by atoms with Gasteiger partial charge in [-0.15, -0.1) is 0 Å². The minimum absolute atomic E-state index is 0.541. The summed E-state index contributed by atoms with van der Waals surface area (Å²) in [5.74, 6) is 1.79. The summed E-state index contributed by atoms with van der Waals surface area (Å²) < 4.78 is 10.4. The zero-order valence-corrected chi connectivity index (χ0v) is 9.82. The Morgan fingerprint density at radius 1 is 1.25 bits per heavy atom. The third-order valence-corrected chi connectivity index (χ3v) is 2.99. The molecule has 0 radical (unpaired) electrons. The second-order valence-electron chi connectivity index (χ2n) is 4.03. The van der Waals surface area contributed by atoms with Crippen LogP contribution in [0.15, 0.2) is 12.1 Å². The van der Waals surface area contributed by atoms with Gasteiger partial charge in [-0.05, 0) is 30.9 Å². The van der Waals surface area contributed by atoms with E-state index in [4.69, 9.17) is 9.47 Å². The van der Waals surface area contributed by atoms with E-state index < -0.39 is 0 Å². The van der Waals surface area contributed by atoms with Gasteiger partial charge < -0.3 is 14.8 Å². The molecule has 2 heterocycles. The molecule has 1 atom stereocenters. The van der Waals surface area contributed by atoms with E-state index in [1.165, 1.54) is 18.4 Å². The maximum absolute atomic E-state index is 5.18. The van der Waals surface area contributed by atoms with Gasteiger partial charge in [0.15, 0.2) is 0 Å². The Morgan fingerprint density at radius 3 is 2.44 bits per heavy atom. The fourth-order valence-electron chi connectivity index (χ4n) is 2.08. The van der Waals surface area contributed by atoms with Gasteiger partial charge in [0.1, 0.15) is 0 Å². The molecule has 0 amide bonds. The second-order valence-corrected chi connectivity index (χ2v) is 4.03. The highest BCUT2D eigenvalue weighted by Gasteiger charge is 2.17. The first-order chi connectivity index (χ1) is 7.83. The van der Waals surface area contributed by atoms with Gasteiger partial charge in [-0.3, -0.25) is 0 Å². The molecular weight excluding hydrogens is 204 g/mol. The minimum Gasteiger partial charge on any atom is -0.481 e. The van der Waals surface area contributed by atoms with Gasteiger partial charge in [0.25, 0.3) is 0 Å². The van der Waals surface area contributed by atoms with Crippen LogP contribution in [0.5, 0.6) is 11.8 Å². The van der Waals surface area contributed by atoms with Crippen LogP contribution < -0.4 is 14.8 Å². The first kappa shape index (κ1) is 11.2. The normalized spacial score (nSPS) is 20.5. The molecule has 1 aliphatic rings. The third-order valence-electron chi connectivity index (χ3n) is 2.99. The van der Waals surface area contributed by atoms with E-state index in [9.17, 15) is 0 Å². The Morgan fingerprint density at radius 2 is 1.94 bits per heavy atom. The summed E-state index contributed by atoms with van der Waals surface area (Å²) in [6.45, 7) is 2.15. The number of ether oxygens (including phenoxy) is 2. The summed E-state index contributed by atoms with van der Waals surface area (Å²) >= 11 is 0. The van der Waals surface area contributed by atoms with E-state index in [0.717, 1.165) is 13.1 Å². The zero-order chi connectivity index (χ0) is 11.4. The lowest BCUT2D eigenvalue weighted by molar-refractivity contribution is 0.361. The number of nitrogens with one attached hydrogen (secondary N) is 1. The van der Waals surface area contributed by atoms with Crippen molar-refractivity contribution in [1.82, 2.24) is 10.3 Å². The number of aromatic nitrogens is 1. The van der Waals surface area contributed by atoms with Crippen molar-refractivity contribution in [3.05, 3.63) is 17.7 Å². The van der Waals surface area contributed by atoms with Crippen LogP contribution in [0.25, 0.3) is 0 Å². The highest BCUT2D eigenvalue weighted by atomic mass is 16.5. The lowest BCUT2D eigenvalue weighted by Gasteiger charge is -2.23. The molecule has 0 aromatic carbocycles. The molecule has 0 bridgehead atoms. The van der Waals surface area contributed by atoms with Crippen molar-refractivity contribution in [2.24, 2.45) is 0 Å². The highest BCUT2D eigenvalue weighted by Crippen LogP contribution is 2.28. The van der Waals surface area contributed by atoms with Crippen molar-refractivity contribution < 1.29 is 9.47 Å². The molecule has 2 rings (SSSR count). The fraction of sp³-hybridized carbons (Fsp3) is 0.583. The summed E-state index contributed by atoms with van der Waals surface area (Å²) in [7, 11) is 3.26. The maximum Gasteiger partial charge on any atom is 0.216 e. The molecule has 88 valence electrons. The van der Waals surface area contributed by atoms with Crippen molar-refractivity contribution in [3.8, 4) is 11.8 Å². The Kier molecular flexibility index (Phi) is 3.62. The fourth-order valence-corrected chi connectivity index (χ4v) is 2.08. The van der Waals surface area contributed by atoms with Gasteiger partial charge in [0, 0.05) is 18.7 Å². The lowest BCUT2D eigenvalue weighted by Crippen LogP contribution is -2.28. The molecule has 1 fully saturated rings. The molecule has 4 heteroatoms. The van der Waals surface area contributed by atoms with Crippen molar-refractivity contribution in [1.29, 1.82) is 0 Å². The van der Waals surface area contributed by atoms with Crippen LogP contribution >= 0.6 is 0 Å². The van der Waals surface area contributed by atoms with Crippen LogP contribution in [0.2, 0.25) is 0 Å². The molecular formula is C12H18N2O2. The van der Waals surface area contributed by atoms with E-state index in [0.29, 0.717) is 17.7 Å². The largest absolute Gasteiger partial charge is 0.481 e. The summed E-state index contributed by atoms with van der Waals surface area (Å²) in [5, 5.41) is 3.41. The van der Waals surface area contributed by atoms with E-state index in [-0.39, 0.29) is 0 Å². The van der Waals surface area contributed by atoms with Crippen LogP contribution in [-0.4, -0.2) is 32.3 Å². The number of nitrogens with zero attached hydrogens (tertiary/aromatic N) is 1. The number of hydrogen-bond acceptors (Lipinski definition) is 4. The number of methoxy groups -OCH3 is 2. The predicted octanol–water partition coefficient (Wildman–Crippen LogP) is 1.57. The SMILES string of the molecule is COc1cc(C2CCCNC2)cc(OC)n1. The summed E-state index contributed by atoms with van der Waals surface area (Å²) in [6.07, 6.45) is 2.43. The zero-order valence-electron chi connectivity index (χ0n) is 9.82. The molecule has 0 spiro atoms. The Bertz CT molecular complexity index is 327. The average Bonchev–Trinajstić information content (AvgIpc) is 2.39. The van der Waals surface area contributed by atoms with Crippen molar-refractivity contribution in [2.45, 2.75) is 18.8 Å². The van der Waals surface area contributed by atoms with Gasteiger partial charge in [-0.1, -0.05) is 0 Å². The Labute approximate surface area is 96.0 Å². The Balaban J connectivity index is 2.24. The quantitative estimate of drug-likeness (QED) is 0.843. The smallest absolute Gasteiger partial charge is 0.216 e. The number of piperidine rings is 1. The maximum atomic E-state index is 5.18. The molecule has 0 aliphatic carbocycles. The van der Waals surface area contributed by atoms with Gasteiger partial charge in [0.05, 0.1) is 14.2 Å². The standard InChI is InChI=1S/C12H18N2O2/c1-15-11-6-10(7-12(14-11)16-2)9-4-3-5-13-8-9/h6-7,9,13H,3-5,8H2,1-2H3. The summed E-state index contributed by atoms with van der Waals surface area (Å²) in [6, 6.07) is 4.00. The van der Waals surface area contributed by atoms with Crippen molar-refractivity contribution in [2.75, 3.05) is 27.3 Å². The molecule has 1 unspecified atom stereocenters.